The largest absolute Gasteiger partial charge is 0.366 e. The van der Waals surface area contributed by atoms with E-state index in [1.165, 1.54) is 5.56 Å². The van der Waals surface area contributed by atoms with Crippen molar-refractivity contribution in [3.8, 4) is 0 Å². The molecule has 0 aromatic carbocycles. The van der Waals surface area contributed by atoms with Crippen LogP contribution in [0.2, 0.25) is 0 Å². The molecule has 0 saturated heterocycles. The zero-order valence-corrected chi connectivity index (χ0v) is 12.3. The fourth-order valence-electron chi connectivity index (χ4n) is 1.62. The van der Waals surface area contributed by atoms with Gasteiger partial charge in [0.15, 0.2) is 0 Å². The predicted molar refractivity (Wildman–Crippen MR) is 74.4 cm³/mol. The third kappa shape index (κ3) is 2.87. The van der Waals surface area contributed by atoms with E-state index < -0.39 is 0 Å². The minimum absolute atomic E-state index is 0.715. The summed E-state index contributed by atoms with van der Waals surface area (Å²) in [7, 11) is 1.94. The first kappa shape index (κ1) is 13.0. The molecule has 1 N–H and O–H groups in total. The van der Waals surface area contributed by atoms with Gasteiger partial charge < -0.3 is 5.32 Å². The van der Waals surface area contributed by atoms with Gasteiger partial charge in [-0.1, -0.05) is 6.92 Å². The first-order valence-corrected chi connectivity index (χ1v) is 6.64. The van der Waals surface area contributed by atoms with Gasteiger partial charge in [-0.25, -0.2) is 9.97 Å². The Hall–Kier alpha value is -1.43. The van der Waals surface area contributed by atoms with Gasteiger partial charge in [-0.15, -0.1) is 0 Å². The number of halogens is 1. The van der Waals surface area contributed by atoms with E-state index in [1.54, 1.807) is 0 Å². The minimum atomic E-state index is 0.715. The van der Waals surface area contributed by atoms with E-state index in [0.717, 1.165) is 28.4 Å². The van der Waals surface area contributed by atoms with Crippen LogP contribution in [0.15, 0.2) is 16.9 Å². The van der Waals surface area contributed by atoms with Crippen LogP contribution >= 0.6 is 15.9 Å². The van der Waals surface area contributed by atoms with Crippen molar-refractivity contribution < 1.29 is 0 Å². The van der Waals surface area contributed by atoms with Gasteiger partial charge in [0.2, 0.25) is 0 Å². The topological polar surface area (TPSA) is 55.6 Å². The van der Waals surface area contributed by atoms with E-state index >= 15 is 0 Å². The molecule has 0 bridgehead atoms. The summed E-state index contributed by atoms with van der Waals surface area (Å²) >= 11 is 3.39. The Kier molecular flexibility index (Phi) is 3.96. The number of aryl methyl sites for hydroxylation is 2. The maximum atomic E-state index is 4.42. The van der Waals surface area contributed by atoms with Gasteiger partial charge in [-0.3, -0.25) is 4.68 Å². The smallest absolute Gasteiger partial charge is 0.131 e. The summed E-state index contributed by atoms with van der Waals surface area (Å²) < 4.78 is 2.67. The molecule has 6 heteroatoms. The lowest BCUT2D eigenvalue weighted by Crippen LogP contribution is -2.05. The second-order valence-electron chi connectivity index (χ2n) is 4.08. The summed E-state index contributed by atoms with van der Waals surface area (Å²) in [5, 5.41) is 7.51. The van der Waals surface area contributed by atoms with E-state index in [2.05, 4.69) is 43.2 Å². The molecule has 0 amide bonds. The Labute approximate surface area is 115 Å². The average molecular weight is 310 g/mol. The molecule has 2 aromatic rings. The monoisotopic (exact) mass is 309 g/mol. The van der Waals surface area contributed by atoms with Gasteiger partial charge in [-0.05, 0) is 22.9 Å². The van der Waals surface area contributed by atoms with Crippen molar-refractivity contribution in [1.82, 2.24) is 19.7 Å². The van der Waals surface area contributed by atoms with Crippen molar-refractivity contribution in [3.63, 3.8) is 0 Å². The number of anilines is 1. The summed E-state index contributed by atoms with van der Waals surface area (Å²) in [6, 6.07) is 1.88. The number of hydrogen-bond acceptors (Lipinski definition) is 4. The first-order chi connectivity index (χ1) is 8.60. The quantitative estimate of drug-likeness (QED) is 0.881. The molecule has 5 nitrogen and oxygen atoms in total. The molecule has 2 heterocycles. The molecule has 0 unspecified atom stereocenters. The highest BCUT2D eigenvalue weighted by molar-refractivity contribution is 9.10. The molecule has 0 saturated carbocycles. The second kappa shape index (κ2) is 5.48. The summed E-state index contributed by atoms with van der Waals surface area (Å²) in [6.45, 7) is 4.81. The Bertz CT molecular complexity index is 549. The van der Waals surface area contributed by atoms with E-state index in [9.17, 15) is 0 Å². The molecular formula is C12H16BrN5. The lowest BCUT2D eigenvalue weighted by molar-refractivity contribution is 0.738. The minimum Gasteiger partial charge on any atom is -0.366 e. The molecule has 0 aliphatic rings. The van der Waals surface area contributed by atoms with Crippen molar-refractivity contribution in [3.05, 3.63) is 33.9 Å². The van der Waals surface area contributed by atoms with Gasteiger partial charge in [-0.2, -0.15) is 5.10 Å². The molecule has 18 heavy (non-hydrogen) atoms. The molecule has 2 aromatic heterocycles. The molecular weight excluding hydrogens is 294 g/mol. The highest BCUT2D eigenvalue weighted by Crippen LogP contribution is 2.14. The van der Waals surface area contributed by atoms with Crippen LogP contribution in [-0.2, 0) is 20.0 Å². The van der Waals surface area contributed by atoms with Crippen LogP contribution in [0.5, 0.6) is 0 Å². The molecule has 0 fully saturated rings. The molecule has 96 valence electrons. The summed E-state index contributed by atoms with van der Waals surface area (Å²) in [4.78, 5) is 8.70. The molecule has 0 atom stereocenters. The van der Waals surface area contributed by atoms with Crippen LogP contribution < -0.4 is 5.32 Å². The average Bonchev–Trinajstić information content (AvgIpc) is 2.67. The standard InChI is InChI=1S/C12H16BrN5/c1-4-11-16-10(13)5-12(17-11)14-6-9-7-15-18(3)8(9)2/h5,7H,4,6H2,1-3H3,(H,14,16,17). The third-order valence-electron chi connectivity index (χ3n) is 2.85. The molecule has 0 aliphatic carbocycles. The second-order valence-corrected chi connectivity index (χ2v) is 4.89. The van der Waals surface area contributed by atoms with Crippen molar-refractivity contribution >= 4 is 21.7 Å². The van der Waals surface area contributed by atoms with Crippen molar-refractivity contribution in [2.45, 2.75) is 26.8 Å². The maximum Gasteiger partial charge on any atom is 0.131 e. The molecule has 2 rings (SSSR count). The highest BCUT2D eigenvalue weighted by atomic mass is 79.9. The van der Waals surface area contributed by atoms with E-state index in [1.807, 2.05) is 30.9 Å². The summed E-state index contributed by atoms with van der Waals surface area (Å²) in [6.07, 6.45) is 2.69. The van der Waals surface area contributed by atoms with Crippen LogP contribution in [-0.4, -0.2) is 19.7 Å². The van der Waals surface area contributed by atoms with Gasteiger partial charge in [0.05, 0.1) is 6.20 Å². The van der Waals surface area contributed by atoms with E-state index in [4.69, 9.17) is 0 Å². The summed E-state index contributed by atoms with van der Waals surface area (Å²) in [5.41, 5.74) is 2.33. The Balaban J connectivity index is 2.10. The van der Waals surface area contributed by atoms with Crippen LogP contribution in [0, 0.1) is 6.92 Å². The zero-order valence-electron chi connectivity index (χ0n) is 10.7. The first-order valence-electron chi connectivity index (χ1n) is 5.85. The Morgan fingerprint density at radius 2 is 2.17 bits per heavy atom. The number of aromatic nitrogens is 4. The molecule has 0 spiro atoms. The van der Waals surface area contributed by atoms with Crippen LogP contribution in [0.4, 0.5) is 5.82 Å². The summed E-state index contributed by atoms with van der Waals surface area (Å²) in [5.74, 6) is 1.66. The highest BCUT2D eigenvalue weighted by Gasteiger charge is 2.05. The fraction of sp³-hybridized carbons (Fsp3) is 0.417. The van der Waals surface area contributed by atoms with Crippen LogP contribution in [0.25, 0.3) is 0 Å². The van der Waals surface area contributed by atoms with Gasteiger partial charge >= 0.3 is 0 Å². The van der Waals surface area contributed by atoms with Gasteiger partial charge in [0.1, 0.15) is 16.2 Å². The van der Waals surface area contributed by atoms with Crippen molar-refractivity contribution in [2.75, 3.05) is 5.32 Å². The SMILES string of the molecule is CCc1nc(Br)cc(NCc2cnn(C)c2C)n1. The van der Waals surface area contributed by atoms with Gasteiger partial charge in [0.25, 0.3) is 0 Å². The number of rotatable bonds is 4. The van der Waals surface area contributed by atoms with Crippen LogP contribution in [0.1, 0.15) is 24.0 Å². The number of nitrogens with one attached hydrogen (secondary N) is 1. The van der Waals surface area contributed by atoms with Crippen molar-refractivity contribution in [2.24, 2.45) is 7.05 Å². The number of nitrogens with zero attached hydrogens (tertiary/aromatic N) is 4. The lowest BCUT2D eigenvalue weighted by Gasteiger charge is -2.07. The van der Waals surface area contributed by atoms with Crippen LogP contribution in [0.3, 0.4) is 0 Å². The molecule has 0 aliphatic heterocycles. The Morgan fingerprint density at radius 1 is 1.39 bits per heavy atom. The number of hydrogen-bond donors (Lipinski definition) is 1. The van der Waals surface area contributed by atoms with Gasteiger partial charge in [0, 0.05) is 37.3 Å². The zero-order chi connectivity index (χ0) is 13.1. The third-order valence-corrected chi connectivity index (χ3v) is 3.26. The Morgan fingerprint density at radius 3 is 2.78 bits per heavy atom. The predicted octanol–water partition coefficient (Wildman–Crippen LogP) is 2.46. The lowest BCUT2D eigenvalue weighted by atomic mass is 10.2. The van der Waals surface area contributed by atoms with Crippen molar-refractivity contribution in [1.29, 1.82) is 0 Å². The van der Waals surface area contributed by atoms with E-state index in [-0.39, 0.29) is 0 Å². The maximum absolute atomic E-state index is 4.42. The molecule has 0 radical (unpaired) electrons. The fourth-order valence-corrected chi connectivity index (χ4v) is 2.04. The normalized spacial score (nSPS) is 10.7. The van der Waals surface area contributed by atoms with E-state index in [0.29, 0.717) is 6.54 Å².